The van der Waals surface area contributed by atoms with E-state index in [1.54, 1.807) is 24.8 Å². The van der Waals surface area contributed by atoms with Crippen LogP contribution in [0.25, 0.3) is 5.69 Å². The molecule has 0 unspecified atom stereocenters. The first kappa shape index (κ1) is 17.5. The molecule has 0 aliphatic carbocycles. The van der Waals surface area contributed by atoms with Crippen molar-refractivity contribution in [3.8, 4) is 5.69 Å². The molecule has 12 heteroatoms. The summed E-state index contributed by atoms with van der Waals surface area (Å²) in [5, 5.41) is 19.9. The Labute approximate surface area is 188 Å². The van der Waals surface area contributed by atoms with E-state index in [1.165, 1.54) is 11.0 Å². The van der Waals surface area contributed by atoms with Crippen molar-refractivity contribution in [1.82, 2.24) is 35.2 Å². The predicted molar refractivity (Wildman–Crippen MR) is 120 cm³/mol. The molecule has 0 atom stereocenters. The highest BCUT2D eigenvalue weighted by atomic mass is 16.2. The number of urea groups is 1. The quantitative estimate of drug-likeness (QED) is 0.557. The maximum absolute atomic E-state index is 12.7. The summed E-state index contributed by atoms with van der Waals surface area (Å²) in [5.41, 5.74) is 2.05. The van der Waals surface area contributed by atoms with E-state index in [9.17, 15) is 9.59 Å². The Hall–Kier alpha value is -4.22. The van der Waals surface area contributed by atoms with Gasteiger partial charge in [0.15, 0.2) is 17.3 Å². The topological polar surface area (TPSA) is 133 Å². The van der Waals surface area contributed by atoms with Gasteiger partial charge in [-0.1, -0.05) is 6.07 Å². The summed E-state index contributed by atoms with van der Waals surface area (Å²) in [7, 11) is 5.02. The molecule has 2 aromatic heterocycles. The van der Waals surface area contributed by atoms with Gasteiger partial charge in [-0.3, -0.25) is 10.1 Å². The molecular weight excluding hydrogens is 412 g/mol. The number of rotatable bonds is 4. The van der Waals surface area contributed by atoms with Crippen molar-refractivity contribution in [2.24, 2.45) is 0 Å². The molecule has 1 aromatic carbocycles. The lowest BCUT2D eigenvalue weighted by molar-refractivity contribution is 0.0958. The number of aromatic nitrogens is 5. The number of anilines is 4. The molecule has 0 saturated carbocycles. The number of carbonyl (C=O) groups is 2. The van der Waals surface area contributed by atoms with E-state index in [0.717, 1.165) is 17.2 Å². The molecule has 4 rings (SSSR count). The summed E-state index contributed by atoms with van der Waals surface area (Å²) in [6.45, 7) is -0.409. The Bertz CT molecular complexity index is 1300. The number of hydrogen-bond donors (Lipinski definition) is 3. The smallest absolute Gasteiger partial charge is 0.322 e. The lowest BCUT2D eigenvalue weighted by Gasteiger charge is -2.29. The lowest BCUT2D eigenvalue weighted by Crippen LogP contribution is -2.29. The molecule has 3 N–H and O–H groups in total. The predicted octanol–water partition coefficient (Wildman–Crippen LogP) is 1.51. The highest BCUT2D eigenvalue weighted by Crippen LogP contribution is 2.38. The maximum atomic E-state index is 12.7. The van der Waals surface area contributed by atoms with Gasteiger partial charge in [0.25, 0.3) is 5.91 Å². The number of nitrogens with one attached hydrogen (secondary N) is 3. The van der Waals surface area contributed by atoms with E-state index in [-0.39, 0.29) is 17.2 Å². The second kappa shape index (κ2) is 8.13. The van der Waals surface area contributed by atoms with Crippen molar-refractivity contribution in [1.29, 1.82) is 0 Å². The zero-order valence-corrected chi connectivity index (χ0v) is 18.0. The van der Waals surface area contributed by atoms with Gasteiger partial charge in [0, 0.05) is 38.3 Å². The van der Waals surface area contributed by atoms with Crippen molar-refractivity contribution in [3.63, 3.8) is 0 Å². The van der Waals surface area contributed by atoms with Crippen molar-refractivity contribution >= 4 is 34.8 Å². The molecule has 1 aliphatic rings. The monoisotopic (exact) mass is 439 g/mol. The molecular formula is C20H24N10O2. The summed E-state index contributed by atoms with van der Waals surface area (Å²) in [6, 6.07) is 6.47. The van der Waals surface area contributed by atoms with Crippen LogP contribution in [0, 0.1) is 6.92 Å². The normalized spacial score (nSPS) is 13.8. The molecule has 0 saturated heterocycles. The fourth-order valence-corrected chi connectivity index (χ4v) is 3.39. The number of aryl methyl sites for hydroxylation is 1. The highest BCUT2D eigenvalue weighted by Gasteiger charge is 2.26. The van der Waals surface area contributed by atoms with Crippen LogP contribution in [-0.2, 0) is 6.54 Å². The van der Waals surface area contributed by atoms with Gasteiger partial charge in [0.05, 0.1) is 29.3 Å². The third-order valence-corrected chi connectivity index (χ3v) is 4.82. The van der Waals surface area contributed by atoms with Crippen LogP contribution in [0.4, 0.5) is 27.7 Å². The Morgan fingerprint density at radius 2 is 2.03 bits per heavy atom. The summed E-state index contributed by atoms with van der Waals surface area (Å²) < 4.78 is 23.8. The Kier molecular flexibility index (Phi) is 4.44. The van der Waals surface area contributed by atoms with E-state index in [0.29, 0.717) is 18.1 Å². The number of amides is 3. The average Bonchev–Trinajstić information content (AvgIpc) is 3.12. The van der Waals surface area contributed by atoms with Gasteiger partial charge in [-0.25, -0.2) is 14.5 Å². The Morgan fingerprint density at radius 3 is 2.78 bits per heavy atom. The zero-order valence-electron chi connectivity index (χ0n) is 21.0. The van der Waals surface area contributed by atoms with Crippen LogP contribution < -0.4 is 20.9 Å². The average molecular weight is 439 g/mol. The minimum Gasteiger partial charge on any atom is -0.364 e. The zero-order chi connectivity index (χ0) is 25.5. The Balaban J connectivity index is 1.77. The molecule has 3 heterocycles. The first-order chi connectivity index (χ1) is 16.4. The van der Waals surface area contributed by atoms with Gasteiger partial charge < -0.3 is 20.4 Å². The van der Waals surface area contributed by atoms with Crippen LogP contribution >= 0.6 is 0 Å². The highest BCUT2D eigenvalue weighted by molar-refractivity contribution is 6.00. The van der Waals surface area contributed by atoms with Gasteiger partial charge in [-0.15, -0.1) is 10.2 Å². The van der Waals surface area contributed by atoms with E-state index in [1.807, 2.05) is 36.3 Å². The van der Waals surface area contributed by atoms with E-state index < -0.39 is 18.9 Å². The van der Waals surface area contributed by atoms with Gasteiger partial charge in [-0.2, -0.15) is 5.10 Å². The minimum absolute atomic E-state index is 0.0731. The number of para-hydroxylation sites is 1. The van der Waals surface area contributed by atoms with Crippen molar-refractivity contribution in [2.75, 3.05) is 43.7 Å². The molecule has 0 radical (unpaired) electrons. The minimum atomic E-state index is -2.72. The molecule has 0 fully saturated rings. The summed E-state index contributed by atoms with van der Waals surface area (Å²) in [6.07, 6.45) is 0. The molecule has 166 valence electrons. The molecule has 0 spiro atoms. The first-order valence-electron chi connectivity index (χ1n) is 11.2. The summed E-state index contributed by atoms with van der Waals surface area (Å²) in [5.74, 6) is 0.552. The van der Waals surface area contributed by atoms with Crippen LogP contribution in [0.15, 0.2) is 24.3 Å². The van der Waals surface area contributed by atoms with Gasteiger partial charge in [-0.05, 0) is 19.1 Å². The number of benzene rings is 1. The molecule has 0 bridgehead atoms. The third-order valence-electron chi connectivity index (χ3n) is 4.82. The summed E-state index contributed by atoms with van der Waals surface area (Å²) in [4.78, 5) is 32.5. The number of hydrogen-bond acceptors (Lipinski definition) is 8. The van der Waals surface area contributed by atoms with Crippen molar-refractivity contribution in [3.05, 3.63) is 41.6 Å². The second-order valence-corrected chi connectivity index (χ2v) is 7.41. The fourth-order valence-electron chi connectivity index (χ4n) is 3.39. The summed E-state index contributed by atoms with van der Waals surface area (Å²) >= 11 is 0. The van der Waals surface area contributed by atoms with Crippen LogP contribution in [0.3, 0.4) is 0 Å². The largest absolute Gasteiger partial charge is 0.364 e. The molecule has 3 aromatic rings. The van der Waals surface area contributed by atoms with Crippen molar-refractivity contribution < 1.29 is 13.7 Å². The Morgan fingerprint density at radius 1 is 1.22 bits per heavy atom. The first-order valence-corrected chi connectivity index (χ1v) is 9.65. The third kappa shape index (κ3) is 3.77. The SMILES string of the molecule is [2H]C([2H])([2H])NC(=O)c1nnc(NC(=O)N(C)C)cc1Nc1cccc2c1N(C)Cc1nc(C)nn1-2. The number of fused-ring (bicyclic) bond motifs is 3. The number of carbonyl (C=O) groups excluding carboxylic acids is 2. The number of nitrogens with zero attached hydrogens (tertiary/aromatic N) is 7. The van der Waals surface area contributed by atoms with E-state index in [2.05, 4.69) is 30.9 Å². The van der Waals surface area contributed by atoms with Crippen LogP contribution in [0.2, 0.25) is 0 Å². The molecule has 12 nitrogen and oxygen atoms in total. The van der Waals surface area contributed by atoms with Gasteiger partial charge in [0.1, 0.15) is 5.82 Å². The fraction of sp³-hybridized carbons (Fsp3) is 0.300. The van der Waals surface area contributed by atoms with E-state index >= 15 is 0 Å². The lowest BCUT2D eigenvalue weighted by atomic mass is 10.1. The van der Waals surface area contributed by atoms with Gasteiger partial charge >= 0.3 is 6.03 Å². The molecule has 3 amide bonds. The standard InChI is InChI=1S/C20H24N10O2/c1-11-22-16-10-29(5)18-12(7-6-8-14(18)30(16)27-11)23-13-9-15(24-20(32)28(3)4)25-26-17(13)19(31)21-2/h6-9H,10H2,1-5H3,(H,21,31)(H2,23,24,25,32)/i2D3. The van der Waals surface area contributed by atoms with Crippen LogP contribution in [-0.4, -0.2) is 69.9 Å². The van der Waals surface area contributed by atoms with Gasteiger partial charge in [0.2, 0.25) is 0 Å². The van der Waals surface area contributed by atoms with Crippen molar-refractivity contribution in [2.45, 2.75) is 13.5 Å². The van der Waals surface area contributed by atoms with E-state index in [4.69, 9.17) is 4.11 Å². The molecule has 1 aliphatic heterocycles. The maximum Gasteiger partial charge on any atom is 0.322 e. The van der Waals surface area contributed by atoms with Crippen LogP contribution in [0.1, 0.15) is 26.2 Å². The van der Waals surface area contributed by atoms with Crippen LogP contribution in [0.5, 0.6) is 0 Å². The second-order valence-electron chi connectivity index (χ2n) is 7.41. The molecule has 32 heavy (non-hydrogen) atoms.